The van der Waals surface area contributed by atoms with Gasteiger partial charge in [-0.05, 0) is 35.9 Å². The minimum atomic E-state index is -3.72. The maximum atomic E-state index is 14.3. The summed E-state index contributed by atoms with van der Waals surface area (Å²) in [5, 5.41) is 0.625. The summed E-state index contributed by atoms with van der Waals surface area (Å²) >= 11 is 0. The molecule has 0 bridgehead atoms. The van der Waals surface area contributed by atoms with Gasteiger partial charge in [0.05, 0.1) is 10.6 Å². The molecule has 4 rings (SSSR count). The molecule has 6 nitrogen and oxygen atoms in total. The Balaban J connectivity index is 1.97. The lowest BCUT2D eigenvalue weighted by molar-refractivity contribution is -0.133. The van der Waals surface area contributed by atoms with E-state index >= 15 is 0 Å². The molecule has 3 aromatic rings. The maximum Gasteiger partial charge on any atom is 0.311 e. The zero-order valence-electron chi connectivity index (χ0n) is 15.7. The number of ether oxygens (including phenoxy) is 2. The van der Waals surface area contributed by atoms with Crippen molar-refractivity contribution in [1.82, 2.24) is 0 Å². The highest BCUT2D eigenvalue weighted by molar-refractivity contribution is 7.75. The molecule has 0 spiro atoms. The standard InChI is InChI=1S/C22H17O6P/c1-14(23)26-16-11-12-20(27-15(2)24)22(13-16)29(25)21-10-6-4-8-18(21)17-7-3-5-9-19(17)28-29/h3-13H,1-2H3. The third-order valence-corrected chi connectivity index (χ3v) is 6.85. The molecule has 1 aliphatic rings. The molecule has 0 fully saturated rings. The van der Waals surface area contributed by atoms with Crippen LogP contribution in [0.15, 0.2) is 66.7 Å². The van der Waals surface area contributed by atoms with Crippen LogP contribution in [0.5, 0.6) is 17.2 Å². The number of esters is 2. The number of rotatable bonds is 3. The highest BCUT2D eigenvalue weighted by Crippen LogP contribution is 2.55. The van der Waals surface area contributed by atoms with Gasteiger partial charge in [-0.3, -0.25) is 14.2 Å². The SMILES string of the molecule is CC(=O)Oc1ccc(OC(C)=O)c(P2(=O)Oc3ccccc3-c3ccccc32)c1. The van der Waals surface area contributed by atoms with E-state index in [1.54, 1.807) is 24.3 Å². The first kappa shape index (κ1) is 19.0. The van der Waals surface area contributed by atoms with E-state index in [1.165, 1.54) is 32.0 Å². The first-order valence-electron chi connectivity index (χ1n) is 8.88. The Hall–Kier alpha value is -3.37. The molecule has 0 aromatic heterocycles. The predicted octanol–water partition coefficient (Wildman–Crippen LogP) is 3.83. The summed E-state index contributed by atoms with van der Waals surface area (Å²) in [5.41, 5.74) is 1.59. The van der Waals surface area contributed by atoms with Crippen LogP contribution in [0.1, 0.15) is 13.8 Å². The molecule has 7 heteroatoms. The number of fused-ring (bicyclic) bond motifs is 3. The summed E-state index contributed by atoms with van der Waals surface area (Å²) < 4.78 is 30.8. The van der Waals surface area contributed by atoms with Crippen molar-refractivity contribution in [3.8, 4) is 28.4 Å². The van der Waals surface area contributed by atoms with Gasteiger partial charge in [0.2, 0.25) is 0 Å². The minimum Gasteiger partial charge on any atom is -0.436 e. The van der Waals surface area contributed by atoms with Gasteiger partial charge in [-0.2, -0.15) is 0 Å². The van der Waals surface area contributed by atoms with Crippen molar-refractivity contribution in [2.45, 2.75) is 13.8 Å². The first-order valence-corrected chi connectivity index (χ1v) is 10.5. The van der Waals surface area contributed by atoms with E-state index in [0.29, 0.717) is 11.1 Å². The Kier molecular flexibility index (Phi) is 4.73. The molecule has 1 unspecified atom stereocenters. The van der Waals surface area contributed by atoms with Crippen molar-refractivity contribution in [2.75, 3.05) is 0 Å². The zero-order chi connectivity index (χ0) is 20.6. The Bertz CT molecular complexity index is 1180. The van der Waals surface area contributed by atoms with Gasteiger partial charge in [-0.15, -0.1) is 0 Å². The van der Waals surface area contributed by atoms with Crippen LogP contribution in [-0.2, 0) is 14.2 Å². The second kappa shape index (κ2) is 7.22. The zero-order valence-corrected chi connectivity index (χ0v) is 16.6. The monoisotopic (exact) mass is 408 g/mol. The van der Waals surface area contributed by atoms with E-state index < -0.39 is 19.3 Å². The fraction of sp³-hybridized carbons (Fsp3) is 0.0909. The summed E-state index contributed by atoms with van der Waals surface area (Å²) in [6.45, 7) is 2.52. The summed E-state index contributed by atoms with van der Waals surface area (Å²) in [6, 6.07) is 18.8. The highest BCUT2D eigenvalue weighted by Gasteiger charge is 2.40. The molecular weight excluding hydrogens is 391 g/mol. The van der Waals surface area contributed by atoms with E-state index in [9.17, 15) is 14.2 Å². The number of hydrogen-bond donors (Lipinski definition) is 0. The molecule has 0 N–H and O–H groups in total. The van der Waals surface area contributed by atoms with Crippen LogP contribution in [0.2, 0.25) is 0 Å². The quantitative estimate of drug-likeness (QED) is 0.372. The van der Waals surface area contributed by atoms with E-state index in [-0.39, 0.29) is 16.8 Å². The van der Waals surface area contributed by atoms with Crippen molar-refractivity contribution >= 4 is 29.9 Å². The fourth-order valence-electron chi connectivity index (χ4n) is 3.29. The number of benzene rings is 3. The topological polar surface area (TPSA) is 78.9 Å². The lowest BCUT2D eigenvalue weighted by Gasteiger charge is -2.29. The van der Waals surface area contributed by atoms with Crippen LogP contribution in [0.25, 0.3) is 11.1 Å². The molecule has 3 aromatic carbocycles. The predicted molar refractivity (Wildman–Crippen MR) is 108 cm³/mol. The third-order valence-electron chi connectivity index (χ3n) is 4.39. The molecule has 146 valence electrons. The molecule has 0 radical (unpaired) electrons. The molecule has 0 aliphatic carbocycles. The average molecular weight is 408 g/mol. The average Bonchev–Trinajstić information content (AvgIpc) is 2.68. The van der Waals surface area contributed by atoms with Crippen LogP contribution in [0, 0.1) is 0 Å². The molecule has 0 saturated heterocycles. The van der Waals surface area contributed by atoms with Gasteiger partial charge >= 0.3 is 19.3 Å². The van der Waals surface area contributed by atoms with Gasteiger partial charge in [0.1, 0.15) is 17.2 Å². The van der Waals surface area contributed by atoms with Crippen molar-refractivity contribution in [3.63, 3.8) is 0 Å². The normalized spacial score (nSPS) is 16.8. The molecule has 1 atom stereocenters. The van der Waals surface area contributed by atoms with Crippen LogP contribution in [-0.4, -0.2) is 11.9 Å². The first-order chi connectivity index (χ1) is 13.9. The Morgan fingerprint density at radius 2 is 1.45 bits per heavy atom. The van der Waals surface area contributed by atoms with Crippen molar-refractivity contribution < 1.29 is 28.2 Å². The lowest BCUT2D eigenvalue weighted by atomic mass is 10.0. The molecule has 0 saturated carbocycles. The van der Waals surface area contributed by atoms with Crippen molar-refractivity contribution in [3.05, 3.63) is 66.7 Å². The van der Waals surface area contributed by atoms with E-state index in [1.807, 2.05) is 24.3 Å². The number of carbonyl (C=O) groups is 2. The maximum absolute atomic E-state index is 14.3. The van der Waals surface area contributed by atoms with Gasteiger partial charge in [0, 0.05) is 19.4 Å². The van der Waals surface area contributed by atoms with Crippen LogP contribution < -0.4 is 24.6 Å². The lowest BCUT2D eigenvalue weighted by Crippen LogP contribution is -2.27. The summed E-state index contributed by atoms with van der Waals surface area (Å²) in [7, 11) is -3.72. The van der Waals surface area contributed by atoms with Gasteiger partial charge in [-0.25, -0.2) is 0 Å². The van der Waals surface area contributed by atoms with Crippen LogP contribution in [0.3, 0.4) is 0 Å². The minimum absolute atomic E-state index is 0.0888. The Morgan fingerprint density at radius 1 is 0.793 bits per heavy atom. The van der Waals surface area contributed by atoms with Gasteiger partial charge in [0.25, 0.3) is 0 Å². The molecular formula is C22H17O6P. The smallest absolute Gasteiger partial charge is 0.311 e. The molecule has 29 heavy (non-hydrogen) atoms. The van der Waals surface area contributed by atoms with Crippen molar-refractivity contribution in [1.29, 1.82) is 0 Å². The van der Waals surface area contributed by atoms with Gasteiger partial charge in [0.15, 0.2) is 0 Å². The Labute approximate surface area is 167 Å². The van der Waals surface area contributed by atoms with E-state index in [2.05, 4.69) is 0 Å². The van der Waals surface area contributed by atoms with E-state index in [0.717, 1.165) is 11.1 Å². The van der Waals surface area contributed by atoms with E-state index in [4.69, 9.17) is 14.0 Å². The Morgan fingerprint density at radius 3 is 2.17 bits per heavy atom. The molecule has 1 aliphatic heterocycles. The summed E-state index contributed by atoms with van der Waals surface area (Å²) in [4.78, 5) is 23.0. The van der Waals surface area contributed by atoms with Crippen LogP contribution >= 0.6 is 7.37 Å². The number of carbonyl (C=O) groups excluding carboxylic acids is 2. The fourth-order valence-corrected chi connectivity index (χ4v) is 5.69. The second-order valence-corrected chi connectivity index (χ2v) is 8.72. The number of hydrogen-bond acceptors (Lipinski definition) is 6. The largest absolute Gasteiger partial charge is 0.436 e. The molecule has 0 amide bonds. The van der Waals surface area contributed by atoms with Crippen LogP contribution in [0.4, 0.5) is 0 Å². The highest BCUT2D eigenvalue weighted by atomic mass is 31.2. The number of para-hydroxylation sites is 1. The van der Waals surface area contributed by atoms with Gasteiger partial charge < -0.3 is 14.0 Å². The second-order valence-electron chi connectivity index (χ2n) is 6.47. The third kappa shape index (κ3) is 3.43. The summed E-state index contributed by atoms with van der Waals surface area (Å²) in [5.74, 6) is -0.362. The van der Waals surface area contributed by atoms with Crippen molar-refractivity contribution in [2.24, 2.45) is 0 Å². The molecule has 1 heterocycles. The van der Waals surface area contributed by atoms with Gasteiger partial charge in [-0.1, -0.05) is 36.4 Å². The summed E-state index contributed by atoms with van der Waals surface area (Å²) in [6.07, 6.45) is 0.